The van der Waals surface area contributed by atoms with Crippen molar-refractivity contribution in [1.29, 1.82) is 0 Å². The highest BCUT2D eigenvalue weighted by Crippen LogP contribution is 2.28. The summed E-state index contributed by atoms with van der Waals surface area (Å²) in [7, 11) is 1.64. The van der Waals surface area contributed by atoms with Crippen molar-refractivity contribution >= 4 is 17.8 Å². The number of thioether (sulfide) groups is 1. The summed E-state index contributed by atoms with van der Waals surface area (Å²) in [6, 6.07) is 0.308. The lowest BCUT2D eigenvalue weighted by Gasteiger charge is -2.32. The first-order valence-corrected chi connectivity index (χ1v) is 7.89. The predicted octanol–water partition coefficient (Wildman–Crippen LogP) is 2.38. The van der Waals surface area contributed by atoms with Crippen molar-refractivity contribution in [2.75, 3.05) is 19.5 Å². The maximum atomic E-state index is 11.9. The fourth-order valence-corrected chi connectivity index (χ4v) is 3.60. The number of methoxy groups -OCH3 is 1. The molecule has 106 valence electrons. The number of ether oxygens (including phenoxy) is 1. The molecule has 0 aromatic rings. The molecule has 18 heavy (non-hydrogen) atoms. The van der Waals surface area contributed by atoms with Crippen LogP contribution in [-0.2, 0) is 4.74 Å². The Labute approximate surface area is 115 Å². The quantitative estimate of drug-likeness (QED) is 0.782. The van der Waals surface area contributed by atoms with E-state index in [-0.39, 0.29) is 12.1 Å². The van der Waals surface area contributed by atoms with Gasteiger partial charge >= 0.3 is 6.03 Å². The van der Waals surface area contributed by atoms with Gasteiger partial charge in [0.25, 0.3) is 0 Å². The van der Waals surface area contributed by atoms with Crippen LogP contribution < -0.4 is 10.6 Å². The van der Waals surface area contributed by atoms with Crippen molar-refractivity contribution in [2.45, 2.75) is 56.9 Å². The maximum absolute atomic E-state index is 11.9. The van der Waals surface area contributed by atoms with Gasteiger partial charge in [-0.2, -0.15) is 11.8 Å². The SMILES string of the molecule is CCS[C@@H]1CCCC[C@@H]1NC(=O)N[C@@H](C)COC. The van der Waals surface area contributed by atoms with Gasteiger partial charge in [0, 0.05) is 18.4 Å². The van der Waals surface area contributed by atoms with Gasteiger partial charge in [0.2, 0.25) is 0 Å². The van der Waals surface area contributed by atoms with E-state index in [1.807, 2.05) is 18.7 Å². The zero-order valence-corrected chi connectivity index (χ0v) is 12.5. The lowest BCUT2D eigenvalue weighted by molar-refractivity contribution is 0.169. The molecule has 2 N–H and O–H groups in total. The van der Waals surface area contributed by atoms with E-state index in [4.69, 9.17) is 4.74 Å². The Bertz CT molecular complexity index is 249. The summed E-state index contributed by atoms with van der Waals surface area (Å²) in [4.78, 5) is 11.9. The van der Waals surface area contributed by atoms with E-state index in [2.05, 4.69) is 17.6 Å². The van der Waals surface area contributed by atoms with Crippen LogP contribution in [0, 0.1) is 0 Å². The highest BCUT2D eigenvalue weighted by atomic mass is 32.2. The minimum absolute atomic E-state index is 0.0517. The molecule has 0 saturated heterocycles. The normalized spacial score (nSPS) is 25.5. The lowest BCUT2D eigenvalue weighted by atomic mass is 9.95. The van der Waals surface area contributed by atoms with Gasteiger partial charge < -0.3 is 15.4 Å². The van der Waals surface area contributed by atoms with E-state index in [1.54, 1.807) is 7.11 Å². The van der Waals surface area contributed by atoms with E-state index in [0.717, 1.165) is 12.2 Å². The van der Waals surface area contributed by atoms with Crippen LogP contribution in [0.1, 0.15) is 39.5 Å². The van der Waals surface area contributed by atoms with Gasteiger partial charge in [-0.25, -0.2) is 4.79 Å². The molecular formula is C13H26N2O2S. The molecule has 0 aromatic heterocycles. The van der Waals surface area contributed by atoms with Crippen LogP contribution in [0.15, 0.2) is 0 Å². The van der Waals surface area contributed by atoms with E-state index >= 15 is 0 Å². The number of hydrogen-bond donors (Lipinski definition) is 2. The Hall–Kier alpha value is -0.420. The van der Waals surface area contributed by atoms with Crippen LogP contribution in [0.3, 0.4) is 0 Å². The molecule has 0 spiro atoms. The zero-order chi connectivity index (χ0) is 13.4. The van der Waals surface area contributed by atoms with Crippen molar-refractivity contribution in [3.8, 4) is 0 Å². The number of amides is 2. The molecule has 1 aliphatic rings. The number of urea groups is 1. The fourth-order valence-electron chi connectivity index (χ4n) is 2.40. The van der Waals surface area contributed by atoms with Crippen LogP contribution in [0.25, 0.3) is 0 Å². The third-order valence-electron chi connectivity index (χ3n) is 3.19. The van der Waals surface area contributed by atoms with Gasteiger partial charge in [0.15, 0.2) is 0 Å². The monoisotopic (exact) mass is 274 g/mol. The van der Waals surface area contributed by atoms with Crippen molar-refractivity contribution < 1.29 is 9.53 Å². The molecule has 3 atom stereocenters. The van der Waals surface area contributed by atoms with Gasteiger partial charge in [-0.3, -0.25) is 0 Å². The molecule has 1 saturated carbocycles. The van der Waals surface area contributed by atoms with Crippen molar-refractivity contribution in [3.63, 3.8) is 0 Å². The number of hydrogen-bond acceptors (Lipinski definition) is 3. The lowest BCUT2D eigenvalue weighted by Crippen LogP contribution is -2.50. The summed E-state index contributed by atoms with van der Waals surface area (Å²) in [6.45, 7) is 4.67. The minimum Gasteiger partial charge on any atom is -0.383 e. The Morgan fingerprint density at radius 1 is 1.44 bits per heavy atom. The standard InChI is InChI=1S/C13H26N2O2S/c1-4-18-12-8-6-5-7-11(12)15-13(16)14-10(2)9-17-3/h10-12H,4-9H2,1-3H3,(H2,14,15,16)/t10-,11-,12+/m0/s1. The largest absolute Gasteiger partial charge is 0.383 e. The first kappa shape index (κ1) is 15.6. The second kappa shape index (κ2) is 8.64. The van der Waals surface area contributed by atoms with E-state index < -0.39 is 0 Å². The van der Waals surface area contributed by atoms with E-state index in [0.29, 0.717) is 17.9 Å². The summed E-state index contributed by atoms with van der Waals surface area (Å²) in [6.07, 6.45) is 4.83. The second-order valence-corrected chi connectivity index (χ2v) is 6.38. The average Bonchev–Trinajstić information content (AvgIpc) is 2.32. The molecule has 0 unspecified atom stereocenters. The first-order chi connectivity index (χ1) is 8.67. The second-order valence-electron chi connectivity index (χ2n) is 4.86. The molecule has 1 aliphatic carbocycles. The predicted molar refractivity (Wildman–Crippen MR) is 77.2 cm³/mol. The molecular weight excluding hydrogens is 248 g/mol. The molecule has 0 bridgehead atoms. The van der Waals surface area contributed by atoms with Crippen molar-refractivity contribution in [1.82, 2.24) is 10.6 Å². The molecule has 2 amide bonds. The average molecular weight is 274 g/mol. The topological polar surface area (TPSA) is 50.4 Å². The summed E-state index contributed by atoms with van der Waals surface area (Å²) in [5.41, 5.74) is 0. The van der Waals surface area contributed by atoms with Crippen LogP contribution in [0.4, 0.5) is 4.79 Å². The van der Waals surface area contributed by atoms with E-state index in [1.165, 1.54) is 19.3 Å². The van der Waals surface area contributed by atoms with Crippen molar-refractivity contribution in [2.24, 2.45) is 0 Å². The smallest absolute Gasteiger partial charge is 0.315 e. The molecule has 1 fully saturated rings. The van der Waals surface area contributed by atoms with Crippen LogP contribution in [-0.4, -0.2) is 42.8 Å². The summed E-state index contributed by atoms with van der Waals surface area (Å²) in [5.74, 6) is 1.12. The number of nitrogens with one attached hydrogen (secondary N) is 2. The molecule has 0 radical (unpaired) electrons. The minimum atomic E-state index is -0.0619. The number of carbonyl (C=O) groups excluding carboxylic acids is 1. The van der Waals surface area contributed by atoms with Gasteiger partial charge in [0.1, 0.15) is 0 Å². The van der Waals surface area contributed by atoms with Gasteiger partial charge in [-0.15, -0.1) is 0 Å². The van der Waals surface area contributed by atoms with Crippen LogP contribution in [0.5, 0.6) is 0 Å². The van der Waals surface area contributed by atoms with Gasteiger partial charge in [0.05, 0.1) is 12.6 Å². The number of rotatable bonds is 6. The van der Waals surface area contributed by atoms with E-state index in [9.17, 15) is 4.79 Å². The molecule has 4 nitrogen and oxygen atoms in total. The number of carbonyl (C=O) groups is 1. The first-order valence-electron chi connectivity index (χ1n) is 6.85. The zero-order valence-electron chi connectivity index (χ0n) is 11.7. The third-order valence-corrected chi connectivity index (χ3v) is 4.52. The molecule has 5 heteroatoms. The summed E-state index contributed by atoms with van der Waals surface area (Å²) >= 11 is 1.96. The summed E-state index contributed by atoms with van der Waals surface area (Å²) in [5, 5.41) is 6.60. The molecule has 1 rings (SSSR count). The highest BCUT2D eigenvalue weighted by molar-refractivity contribution is 7.99. The fraction of sp³-hybridized carbons (Fsp3) is 0.923. The Morgan fingerprint density at radius 3 is 2.83 bits per heavy atom. The Morgan fingerprint density at radius 2 is 2.17 bits per heavy atom. The van der Waals surface area contributed by atoms with Gasteiger partial charge in [-0.1, -0.05) is 19.8 Å². The Balaban J connectivity index is 2.36. The summed E-state index contributed by atoms with van der Waals surface area (Å²) < 4.78 is 5.01. The molecule has 0 aliphatic heterocycles. The van der Waals surface area contributed by atoms with Crippen molar-refractivity contribution in [3.05, 3.63) is 0 Å². The Kier molecular flexibility index (Phi) is 7.51. The highest BCUT2D eigenvalue weighted by Gasteiger charge is 2.26. The van der Waals surface area contributed by atoms with Crippen LogP contribution in [0.2, 0.25) is 0 Å². The van der Waals surface area contributed by atoms with Gasteiger partial charge in [-0.05, 0) is 25.5 Å². The maximum Gasteiger partial charge on any atom is 0.315 e. The molecule has 0 heterocycles. The molecule has 0 aromatic carbocycles. The third kappa shape index (κ3) is 5.48. The van der Waals surface area contributed by atoms with Crippen LogP contribution >= 0.6 is 11.8 Å².